The van der Waals surface area contributed by atoms with Gasteiger partial charge in [-0.2, -0.15) is 0 Å². The molecule has 0 unspecified atom stereocenters. The molecular weight excluding hydrogens is 881 g/mol. The minimum atomic E-state index is 0.900. The van der Waals surface area contributed by atoms with Gasteiger partial charge in [-0.1, -0.05) is 340 Å². The Hall–Kier alpha value is -2.74. The lowest BCUT2D eigenvalue weighted by molar-refractivity contribution is -0.344. The minimum Gasteiger partial charge on any atom is -0.493 e. The van der Waals surface area contributed by atoms with Gasteiger partial charge in [0.1, 0.15) is 0 Å². The molecule has 73 heavy (non-hydrogen) atoms. The highest BCUT2D eigenvalue weighted by Crippen LogP contribution is 2.37. The number of nitrogens with zero attached hydrogens (tertiary/aromatic N) is 2. The van der Waals surface area contributed by atoms with Gasteiger partial charge in [-0.15, -0.1) is 0 Å². The first-order valence-corrected chi connectivity index (χ1v) is 33.0. The second-order valence-electron chi connectivity index (χ2n) is 23.3. The highest BCUT2D eigenvalue weighted by atomic mass is 15.2. The van der Waals surface area contributed by atoms with Crippen LogP contribution in [0, 0.1) is 0 Å². The highest BCUT2D eigenvalue weighted by molar-refractivity contribution is 5.80. The zero-order valence-corrected chi connectivity index (χ0v) is 49.1. The average Bonchev–Trinajstić information content (AvgIpc) is 3.74. The Morgan fingerprint density at radius 2 is 0.630 bits per heavy atom. The largest absolute Gasteiger partial charge is 0.493 e. The molecule has 0 aliphatic carbocycles. The van der Waals surface area contributed by atoms with Crippen LogP contribution in [0.1, 0.15) is 351 Å². The SMILES string of the molecule is CCCCCCCCCCCC=CC1=C(c2cccc(CCCCCCCCCCCCCCCCCCCCC)c2)[N+](=[N-])C(c2cccc(CCCCCCCCCCCCCCCCCCCCC)c2)=C1. The van der Waals surface area contributed by atoms with Crippen molar-refractivity contribution in [1.29, 1.82) is 0 Å². The van der Waals surface area contributed by atoms with Crippen molar-refractivity contribution in [2.75, 3.05) is 0 Å². The molecule has 2 heteroatoms. The lowest BCUT2D eigenvalue weighted by atomic mass is 10.00. The predicted molar refractivity (Wildman–Crippen MR) is 327 cm³/mol. The summed E-state index contributed by atoms with van der Waals surface area (Å²) in [5.41, 5.74) is 20.0. The minimum absolute atomic E-state index is 0.900. The number of unbranched alkanes of at least 4 members (excludes halogenated alkanes) is 45. The zero-order valence-electron chi connectivity index (χ0n) is 49.1. The molecule has 0 amide bonds. The summed E-state index contributed by atoms with van der Waals surface area (Å²) in [6.45, 7) is 6.92. The van der Waals surface area contributed by atoms with E-state index in [1.807, 2.05) is 0 Å². The Morgan fingerprint density at radius 1 is 0.342 bits per heavy atom. The number of benzene rings is 2. The molecule has 414 valence electrons. The fraction of sp³-hybridized carbons (Fsp3) is 0.746. The second kappa shape index (κ2) is 47.7. The van der Waals surface area contributed by atoms with Gasteiger partial charge in [-0.05, 0) is 73.9 Å². The quantitative estimate of drug-likeness (QED) is 0.0466. The normalized spacial score (nSPS) is 12.9. The summed E-state index contributed by atoms with van der Waals surface area (Å²) >= 11 is 0. The molecular formula is C71H120N2. The van der Waals surface area contributed by atoms with E-state index in [1.165, 1.54) is 318 Å². The van der Waals surface area contributed by atoms with Crippen molar-refractivity contribution in [3.05, 3.63) is 100 Å². The summed E-state index contributed by atoms with van der Waals surface area (Å²) in [4.78, 5) is 0. The maximum absolute atomic E-state index is 12.0. The van der Waals surface area contributed by atoms with Gasteiger partial charge in [0.15, 0.2) is 0 Å². The Labute approximate surface area is 455 Å². The monoisotopic (exact) mass is 1000 g/mol. The molecule has 0 atom stereocenters. The van der Waals surface area contributed by atoms with Crippen LogP contribution in [-0.2, 0) is 12.8 Å². The molecule has 0 radical (unpaired) electrons. The van der Waals surface area contributed by atoms with Crippen LogP contribution in [0.5, 0.6) is 0 Å². The van der Waals surface area contributed by atoms with E-state index in [1.54, 1.807) is 0 Å². The van der Waals surface area contributed by atoms with Gasteiger partial charge in [-0.25, -0.2) is 4.70 Å². The van der Waals surface area contributed by atoms with Crippen LogP contribution >= 0.6 is 0 Å². The number of rotatable bonds is 53. The van der Waals surface area contributed by atoms with E-state index < -0.39 is 0 Å². The Morgan fingerprint density at radius 3 is 0.973 bits per heavy atom. The molecule has 0 N–H and O–H groups in total. The zero-order chi connectivity index (χ0) is 51.8. The van der Waals surface area contributed by atoms with Crippen LogP contribution in [0.3, 0.4) is 0 Å². The van der Waals surface area contributed by atoms with Gasteiger partial charge >= 0.3 is 0 Å². The van der Waals surface area contributed by atoms with Crippen molar-refractivity contribution in [3.63, 3.8) is 0 Å². The maximum Gasteiger partial charge on any atom is 0.214 e. The van der Waals surface area contributed by atoms with E-state index in [0.717, 1.165) is 47.4 Å². The van der Waals surface area contributed by atoms with E-state index in [9.17, 15) is 5.53 Å². The smallest absolute Gasteiger partial charge is 0.214 e. The summed E-state index contributed by atoms with van der Waals surface area (Å²) in [5, 5.41) is 0. The van der Waals surface area contributed by atoms with Crippen molar-refractivity contribution >= 4 is 11.4 Å². The molecule has 0 spiro atoms. The number of allylic oxidation sites excluding steroid dienone is 4. The Kier molecular flexibility index (Phi) is 42.2. The summed E-state index contributed by atoms with van der Waals surface area (Å²) in [6.07, 6.45) is 76.1. The van der Waals surface area contributed by atoms with Crippen molar-refractivity contribution in [1.82, 2.24) is 0 Å². The molecule has 2 aromatic carbocycles. The number of aryl methyl sites for hydroxylation is 2. The van der Waals surface area contributed by atoms with E-state index in [2.05, 4.69) is 87.5 Å². The van der Waals surface area contributed by atoms with Crippen LogP contribution < -0.4 is 0 Å². The Bertz CT molecular complexity index is 1680. The third-order valence-corrected chi connectivity index (χ3v) is 16.3. The van der Waals surface area contributed by atoms with Crippen LogP contribution in [0.15, 0.2) is 72.3 Å². The van der Waals surface area contributed by atoms with E-state index >= 15 is 0 Å². The topological polar surface area (TPSA) is 25.3 Å². The number of hydrogen-bond acceptors (Lipinski definition) is 0. The van der Waals surface area contributed by atoms with E-state index in [4.69, 9.17) is 0 Å². The summed E-state index contributed by atoms with van der Waals surface area (Å²) in [6, 6.07) is 18.1. The lowest BCUT2D eigenvalue weighted by Gasteiger charge is -2.11. The third kappa shape index (κ3) is 33.8. The predicted octanol–water partition coefficient (Wildman–Crippen LogP) is 24.9. The van der Waals surface area contributed by atoms with Crippen molar-refractivity contribution in [2.24, 2.45) is 0 Å². The maximum atomic E-state index is 12.0. The van der Waals surface area contributed by atoms with E-state index in [-0.39, 0.29) is 0 Å². The van der Waals surface area contributed by atoms with Gasteiger partial charge in [0, 0.05) is 17.2 Å². The van der Waals surface area contributed by atoms with Gasteiger partial charge in [0.05, 0.1) is 5.57 Å². The van der Waals surface area contributed by atoms with Crippen LogP contribution in [0.2, 0.25) is 0 Å². The number of hydrogen-bond donors (Lipinski definition) is 0. The molecule has 0 saturated heterocycles. The molecule has 3 rings (SSSR count). The Balaban J connectivity index is 1.39. The summed E-state index contributed by atoms with van der Waals surface area (Å²) < 4.78 is 1.50. The molecule has 0 aromatic heterocycles. The molecule has 1 heterocycles. The molecule has 0 saturated carbocycles. The van der Waals surface area contributed by atoms with Gasteiger partial charge < -0.3 is 5.53 Å². The van der Waals surface area contributed by atoms with Gasteiger partial charge in [0.2, 0.25) is 11.4 Å². The molecule has 2 aromatic rings. The standard InChI is InChI=1S/C71H120N2/c1-4-7-10-13-16-19-22-24-26-28-30-32-34-36-39-41-44-47-50-55-65-57-53-60-67(62-65)70-64-69(59-52-49-46-43-38-21-18-15-12-9-6-3)71(73(70)72)68-61-54-58-66(63-68)56-51-48-45-42-40-37-35-33-31-29-27-25-23-20-17-14-11-8-5-2/h52-54,57-64H,4-51,55-56H2,1-3H3. The fourth-order valence-corrected chi connectivity index (χ4v) is 11.5. The average molecular weight is 1000 g/mol. The lowest BCUT2D eigenvalue weighted by Crippen LogP contribution is -2.03. The first-order valence-electron chi connectivity index (χ1n) is 33.0. The first kappa shape index (κ1) is 64.5. The van der Waals surface area contributed by atoms with Crippen molar-refractivity contribution in [3.8, 4) is 0 Å². The summed E-state index contributed by atoms with van der Waals surface area (Å²) in [5.74, 6) is 0. The molecule has 0 bridgehead atoms. The van der Waals surface area contributed by atoms with E-state index in [0.29, 0.717) is 0 Å². The molecule has 1 aliphatic rings. The van der Waals surface area contributed by atoms with Crippen molar-refractivity contribution in [2.45, 2.75) is 342 Å². The van der Waals surface area contributed by atoms with Crippen molar-refractivity contribution < 1.29 is 4.70 Å². The van der Waals surface area contributed by atoms with Crippen LogP contribution in [0.25, 0.3) is 16.9 Å². The van der Waals surface area contributed by atoms with Crippen LogP contribution in [-0.4, -0.2) is 4.70 Å². The second-order valence-corrected chi connectivity index (χ2v) is 23.3. The fourth-order valence-electron chi connectivity index (χ4n) is 11.5. The van der Waals surface area contributed by atoms with Gasteiger partial charge in [-0.3, -0.25) is 0 Å². The van der Waals surface area contributed by atoms with Crippen LogP contribution in [0.4, 0.5) is 0 Å². The molecule has 1 aliphatic heterocycles. The molecule has 2 nitrogen and oxygen atoms in total. The third-order valence-electron chi connectivity index (χ3n) is 16.3. The first-order chi connectivity index (χ1) is 36.2. The van der Waals surface area contributed by atoms with Gasteiger partial charge in [0.25, 0.3) is 0 Å². The molecule has 0 fully saturated rings. The summed E-state index contributed by atoms with van der Waals surface area (Å²) in [7, 11) is 0. The highest BCUT2D eigenvalue weighted by Gasteiger charge is 2.28.